The normalized spacial score (nSPS) is 13.2. The van der Waals surface area contributed by atoms with Gasteiger partial charge in [0.15, 0.2) is 0 Å². The Balaban J connectivity index is 1.65. The van der Waals surface area contributed by atoms with Gasteiger partial charge in [-0.1, -0.05) is 30.3 Å². The molecule has 0 aliphatic heterocycles. The predicted molar refractivity (Wildman–Crippen MR) is 82.0 cm³/mol. The van der Waals surface area contributed by atoms with Crippen molar-refractivity contribution in [3.63, 3.8) is 0 Å². The van der Waals surface area contributed by atoms with Crippen LogP contribution in [0.5, 0.6) is 5.75 Å². The summed E-state index contributed by atoms with van der Waals surface area (Å²) in [5.41, 5.74) is 5.47. The lowest BCUT2D eigenvalue weighted by Gasteiger charge is -2.09. The first-order valence-corrected chi connectivity index (χ1v) is 7.32. The second-order valence-electron chi connectivity index (χ2n) is 5.42. The zero-order valence-corrected chi connectivity index (χ0v) is 12.0. The van der Waals surface area contributed by atoms with Crippen LogP contribution in [0.3, 0.4) is 0 Å². The number of benzene rings is 2. The van der Waals surface area contributed by atoms with Crippen molar-refractivity contribution in [1.82, 2.24) is 5.32 Å². The van der Waals surface area contributed by atoms with Crippen LogP contribution in [0.1, 0.15) is 28.7 Å². The summed E-state index contributed by atoms with van der Waals surface area (Å²) in [6, 6.07) is 15.1. The Bertz CT molecular complexity index is 592. The van der Waals surface area contributed by atoms with Crippen LogP contribution < -0.4 is 10.1 Å². The van der Waals surface area contributed by atoms with Crippen LogP contribution >= 0.6 is 0 Å². The van der Waals surface area contributed by atoms with Gasteiger partial charge in [-0.25, -0.2) is 0 Å². The van der Waals surface area contributed by atoms with Gasteiger partial charge in [0.2, 0.25) is 0 Å². The maximum atomic E-state index is 5.93. The molecule has 0 fully saturated rings. The van der Waals surface area contributed by atoms with E-state index in [4.69, 9.17) is 4.74 Å². The highest BCUT2D eigenvalue weighted by molar-refractivity contribution is 5.38. The maximum Gasteiger partial charge on any atom is 0.120 e. The molecule has 20 heavy (non-hydrogen) atoms. The fourth-order valence-corrected chi connectivity index (χ4v) is 2.84. The standard InChI is InChI=1S/C18H21NO/c1-19-12-14-4-2-5-15(10-14)13-20-18-9-8-16-6-3-7-17(16)11-18/h2,4-5,8-11,19H,3,6-7,12-13H2,1H3. The van der Waals surface area contributed by atoms with Gasteiger partial charge in [-0.3, -0.25) is 0 Å². The highest BCUT2D eigenvalue weighted by Crippen LogP contribution is 2.26. The zero-order valence-electron chi connectivity index (χ0n) is 12.0. The van der Waals surface area contributed by atoms with Gasteiger partial charge >= 0.3 is 0 Å². The molecule has 0 saturated heterocycles. The second kappa shape index (κ2) is 6.10. The summed E-state index contributed by atoms with van der Waals surface area (Å²) in [5.74, 6) is 0.990. The Labute approximate surface area is 120 Å². The summed E-state index contributed by atoms with van der Waals surface area (Å²) in [7, 11) is 1.97. The van der Waals surface area contributed by atoms with Gasteiger partial charge in [0.1, 0.15) is 12.4 Å². The molecular formula is C18H21NO. The van der Waals surface area contributed by atoms with Crippen LogP contribution in [-0.4, -0.2) is 7.05 Å². The molecule has 0 unspecified atom stereocenters. The van der Waals surface area contributed by atoms with E-state index in [2.05, 4.69) is 47.8 Å². The number of hydrogen-bond acceptors (Lipinski definition) is 2. The van der Waals surface area contributed by atoms with Gasteiger partial charge in [-0.2, -0.15) is 0 Å². The Morgan fingerprint density at radius 2 is 1.85 bits per heavy atom. The van der Waals surface area contributed by atoms with E-state index in [9.17, 15) is 0 Å². The van der Waals surface area contributed by atoms with Crippen LogP contribution in [0.15, 0.2) is 42.5 Å². The summed E-state index contributed by atoms with van der Waals surface area (Å²) in [5, 5.41) is 3.17. The molecule has 2 aromatic carbocycles. The lowest BCUT2D eigenvalue weighted by molar-refractivity contribution is 0.306. The molecule has 0 aromatic heterocycles. The van der Waals surface area contributed by atoms with Crippen LogP contribution in [-0.2, 0) is 26.0 Å². The fourth-order valence-electron chi connectivity index (χ4n) is 2.84. The SMILES string of the molecule is CNCc1cccc(COc2ccc3c(c2)CCC3)c1. The molecule has 2 nitrogen and oxygen atoms in total. The summed E-state index contributed by atoms with van der Waals surface area (Å²) in [4.78, 5) is 0. The third-order valence-corrected chi connectivity index (χ3v) is 3.85. The molecule has 2 heteroatoms. The predicted octanol–water partition coefficient (Wildman–Crippen LogP) is 3.47. The minimum Gasteiger partial charge on any atom is -0.489 e. The van der Waals surface area contributed by atoms with Gasteiger partial charge < -0.3 is 10.1 Å². The number of nitrogens with one attached hydrogen (secondary N) is 1. The highest BCUT2D eigenvalue weighted by atomic mass is 16.5. The molecule has 0 amide bonds. The summed E-state index contributed by atoms with van der Waals surface area (Å²) >= 11 is 0. The number of hydrogen-bond donors (Lipinski definition) is 1. The Hall–Kier alpha value is -1.80. The van der Waals surface area contributed by atoms with E-state index in [0.29, 0.717) is 6.61 Å². The minimum atomic E-state index is 0.635. The smallest absolute Gasteiger partial charge is 0.120 e. The first-order valence-electron chi connectivity index (χ1n) is 7.32. The van der Waals surface area contributed by atoms with Crippen molar-refractivity contribution in [1.29, 1.82) is 0 Å². The number of ether oxygens (including phenoxy) is 1. The van der Waals surface area contributed by atoms with Crippen LogP contribution in [0.25, 0.3) is 0 Å². The van der Waals surface area contributed by atoms with Crippen molar-refractivity contribution in [3.05, 3.63) is 64.7 Å². The van der Waals surface area contributed by atoms with Gasteiger partial charge in [-0.15, -0.1) is 0 Å². The van der Waals surface area contributed by atoms with E-state index in [1.165, 1.54) is 41.5 Å². The topological polar surface area (TPSA) is 21.3 Å². The van der Waals surface area contributed by atoms with Crippen molar-refractivity contribution in [3.8, 4) is 5.75 Å². The van der Waals surface area contributed by atoms with Gasteiger partial charge in [-0.05, 0) is 60.7 Å². The van der Waals surface area contributed by atoms with E-state index in [0.717, 1.165) is 12.3 Å². The Kier molecular flexibility index (Phi) is 4.03. The first-order chi connectivity index (χ1) is 9.85. The van der Waals surface area contributed by atoms with E-state index < -0.39 is 0 Å². The average molecular weight is 267 g/mol. The number of aryl methyl sites for hydroxylation is 2. The first kappa shape index (κ1) is 13.2. The molecule has 104 valence electrons. The van der Waals surface area contributed by atoms with Crippen LogP contribution in [0.2, 0.25) is 0 Å². The molecule has 1 N–H and O–H groups in total. The van der Waals surface area contributed by atoms with Crippen molar-refractivity contribution in [2.45, 2.75) is 32.4 Å². The van der Waals surface area contributed by atoms with Crippen molar-refractivity contribution >= 4 is 0 Å². The average Bonchev–Trinajstić information content (AvgIpc) is 2.93. The van der Waals surface area contributed by atoms with Crippen molar-refractivity contribution < 1.29 is 4.74 Å². The second-order valence-corrected chi connectivity index (χ2v) is 5.42. The maximum absolute atomic E-state index is 5.93. The molecule has 0 spiro atoms. The van der Waals surface area contributed by atoms with E-state index in [1.54, 1.807) is 0 Å². The van der Waals surface area contributed by atoms with Gasteiger partial charge in [0, 0.05) is 6.54 Å². The molecule has 3 rings (SSSR count). The molecule has 0 radical (unpaired) electrons. The minimum absolute atomic E-state index is 0.635. The summed E-state index contributed by atoms with van der Waals surface area (Å²) in [6.45, 7) is 1.53. The van der Waals surface area contributed by atoms with Crippen LogP contribution in [0, 0.1) is 0 Å². The quantitative estimate of drug-likeness (QED) is 0.895. The van der Waals surface area contributed by atoms with E-state index >= 15 is 0 Å². The molecule has 0 heterocycles. The summed E-state index contributed by atoms with van der Waals surface area (Å²) < 4.78 is 5.93. The van der Waals surface area contributed by atoms with E-state index in [1.807, 2.05) is 7.05 Å². The molecule has 0 saturated carbocycles. The lowest BCUT2D eigenvalue weighted by Crippen LogP contribution is -2.05. The third-order valence-electron chi connectivity index (χ3n) is 3.85. The summed E-state index contributed by atoms with van der Waals surface area (Å²) in [6.07, 6.45) is 3.71. The molecule has 2 aromatic rings. The molecule has 0 atom stereocenters. The van der Waals surface area contributed by atoms with Crippen molar-refractivity contribution in [2.24, 2.45) is 0 Å². The number of fused-ring (bicyclic) bond motifs is 1. The lowest BCUT2D eigenvalue weighted by atomic mass is 10.1. The fraction of sp³-hybridized carbons (Fsp3) is 0.333. The largest absolute Gasteiger partial charge is 0.489 e. The zero-order chi connectivity index (χ0) is 13.8. The van der Waals surface area contributed by atoms with Gasteiger partial charge in [0.05, 0.1) is 0 Å². The molecule has 1 aliphatic carbocycles. The highest BCUT2D eigenvalue weighted by Gasteiger charge is 2.11. The molecule has 1 aliphatic rings. The third kappa shape index (κ3) is 3.02. The number of rotatable bonds is 5. The van der Waals surface area contributed by atoms with Crippen molar-refractivity contribution in [2.75, 3.05) is 7.05 Å². The molecule has 0 bridgehead atoms. The monoisotopic (exact) mass is 267 g/mol. The Morgan fingerprint density at radius 3 is 2.75 bits per heavy atom. The van der Waals surface area contributed by atoms with E-state index in [-0.39, 0.29) is 0 Å². The Morgan fingerprint density at radius 1 is 1.00 bits per heavy atom. The van der Waals surface area contributed by atoms with Gasteiger partial charge in [0.25, 0.3) is 0 Å². The van der Waals surface area contributed by atoms with Crippen LogP contribution in [0.4, 0.5) is 0 Å². The molecular weight excluding hydrogens is 246 g/mol.